The van der Waals surface area contributed by atoms with Crippen molar-refractivity contribution in [3.05, 3.63) is 47.0 Å². The third-order valence-electron chi connectivity index (χ3n) is 2.83. The minimum atomic E-state index is 0.683. The van der Waals surface area contributed by atoms with Crippen LogP contribution in [0.15, 0.2) is 30.3 Å². The van der Waals surface area contributed by atoms with Gasteiger partial charge >= 0.3 is 0 Å². The Hall–Kier alpha value is -1.34. The number of aryl methyl sites for hydroxylation is 2. The number of hydrogen-bond donors (Lipinski definition) is 0. The molecule has 0 aromatic heterocycles. The number of rotatable bonds is 2. The Bertz CT molecular complexity index is 486. The first kappa shape index (κ1) is 10.2. The molecule has 0 fully saturated rings. The molecule has 0 aliphatic heterocycles. The molecule has 0 spiro atoms. The topological polar surface area (TPSA) is 9.23 Å². The first-order valence-corrected chi connectivity index (χ1v) is 5.19. The van der Waals surface area contributed by atoms with Crippen LogP contribution < -0.4 is 0 Å². The quantitative estimate of drug-likeness (QED) is 0.719. The molecule has 0 radical (unpaired) electrons. The maximum absolute atomic E-state index is 5.13. The number of methoxy groups -OCH3 is 1. The molecule has 1 nitrogen and oxygen atoms in total. The van der Waals surface area contributed by atoms with Crippen LogP contribution in [0.3, 0.4) is 0 Å². The summed E-state index contributed by atoms with van der Waals surface area (Å²) in [6, 6.07) is 11.0. The zero-order valence-corrected chi connectivity index (χ0v) is 9.50. The number of hydrogen-bond acceptors (Lipinski definition) is 1. The molecule has 2 aromatic rings. The highest BCUT2D eigenvalue weighted by molar-refractivity contribution is 5.84. The van der Waals surface area contributed by atoms with Crippen molar-refractivity contribution < 1.29 is 4.74 Å². The smallest absolute Gasteiger partial charge is 0.0713 e. The monoisotopic (exact) mass is 200 g/mol. The van der Waals surface area contributed by atoms with Crippen LogP contribution >= 0.6 is 0 Å². The molecule has 1 heteroatoms. The van der Waals surface area contributed by atoms with Crippen molar-refractivity contribution in [1.29, 1.82) is 0 Å². The predicted molar refractivity (Wildman–Crippen MR) is 64.1 cm³/mol. The van der Waals surface area contributed by atoms with Crippen molar-refractivity contribution in [2.45, 2.75) is 20.5 Å². The molecule has 15 heavy (non-hydrogen) atoms. The van der Waals surface area contributed by atoms with Crippen LogP contribution in [0.2, 0.25) is 0 Å². The van der Waals surface area contributed by atoms with Gasteiger partial charge in [0.05, 0.1) is 6.61 Å². The zero-order valence-electron chi connectivity index (χ0n) is 9.50. The lowest BCUT2D eigenvalue weighted by molar-refractivity contribution is 0.185. The summed E-state index contributed by atoms with van der Waals surface area (Å²) < 4.78 is 5.13. The fraction of sp³-hybridized carbons (Fsp3) is 0.286. The van der Waals surface area contributed by atoms with E-state index in [-0.39, 0.29) is 0 Å². The molecule has 0 heterocycles. The number of ether oxygens (including phenoxy) is 1. The zero-order chi connectivity index (χ0) is 10.8. The Balaban J connectivity index is 2.56. The Morgan fingerprint density at radius 3 is 2.27 bits per heavy atom. The SMILES string of the molecule is COCc1ccc2cc(C)c(C)cc2c1. The summed E-state index contributed by atoms with van der Waals surface area (Å²) in [7, 11) is 1.73. The van der Waals surface area contributed by atoms with Gasteiger partial charge in [-0.05, 0) is 47.4 Å². The molecule has 0 amide bonds. The van der Waals surface area contributed by atoms with Crippen LogP contribution in [0.5, 0.6) is 0 Å². The Labute approximate surface area is 90.7 Å². The highest BCUT2D eigenvalue weighted by atomic mass is 16.5. The molecule has 0 saturated carbocycles. The number of benzene rings is 2. The van der Waals surface area contributed by atoms with Crippen molar-refractivity contribution >= 4 is 10.8 Å². The van der Waals surface area contributed by atoms with E-state index in [1.54, 1.807) is 7.11 Å². The van der Waals surface area contributed by atoms with Crippen LogP contribution in [0.4, 0.5) is 0 Å². The highest BCUT2D eigenvalue weighted by Crippen LogP contribution is 2.20. The van der Waals surface area contributed by atoms with Crippen LogP contribution in [-0.2, 0) is 11.3 Å². The van der Waals surface area contributed by atoms with E-state index in [0.717, 1.165) is 0 Å². The van der Waals surface area contributed by atoms with Gasteiger partial charge in [0.15, 0.2) is 0 Å². The molecule has 0 bridgehead atoms. The van der Waals surface area contributed by atoms with Crippen molar-refractivity contribution in [2.75, 3.05) is 7.11 Å². The Kier molecular flexibility index (Phi) is 2.74. The number of fused-ring (bicyclic) bond motifs is 1. The second-order valence-electron chi connectivity index (χ2n) is 4.05. The van der Waals surface area contributed by atoms with Gasteiger partial charge in [-0.2, -0.15) is 0 Å². The van der Waals surface area contributed by atoms with Crippen LogP contribution in [0.1, 0.15) is 16.7 Å². The van der Waals surface area contributed by atoms with E-state index >= 15 is 0 Å². The van der Waals surface area contributed by atoms with Gasteiger partial charge in [0.1, 0.15) is 0 Å². The third-order valence-corrected chi connectivity index (χ3v) is 2.83. The molecule has 2 aromatic carbocycles. The van der Waals surface area contributed by atoms with E-state index in [2.05, 4.69) is 44.2 Å². The molecule has 0 aliphatic carbocycles. The van der Waals surface area contributed by atoms with E-state index in [0.29, 0.717) is 6.61 Å². The van der Waals surface area contributed by atoms with Gasteiger partial charge in [0, 0.05) is 7.11 Å². The van der Waals surface area contributed by atoms with Crippen molar-refractivity contribution in [2.24, 2.45) is 0 Å². The van der Waals surface area contributed by atoms with Crippen molar-refractivity contribution in [1.82, 2.24) is 0 Å². The van der Waals surface area contributed by atoms with Gasteiger partial charge in [-0.1, -0.05) is 24.3 Å². The molecule has 0 aliphatic rings. The fourth-order valence-electron chi connectivity index (χ4n) is 1.83. The third kappa shape index (κ3) is 2.02. The Morgan fingerprint density at radius 1 is 0.933 bits per heavy atom. The summed E-state index contributed by atoms with van der Waals surface area (Å²) in [6.45, 7) is 4.98. The van der Waals surface area contributed by atoms with Gasteiger partial charge in [0.2, 0.25) is 0 Å². The van der Waals surface area contributed by atoms with Gasteiger partial charge < -0.3 is 4.74 Å². The van der Waals surface area contributed by atoms with E-state index in [1.165, 1.54) is 27.5 Å². The average molecular weight is 200 g/mol. The van der Waals surface area contributed by atoms with Crippen molar-refractivity contribution in [3.63, 3.8) is 0 Å². The lowest BCUT2D eigenvalue weighted by Gasteiger charge is -2.06. The van der Waals surface area contributed by atoms with Crippen LogP contribution in [-0.4, -0.2) is 7.11 Å². The second kappa shape index (κ2) is 4.03. The normalized spacial score (nSPS) is 10.9. The maximum Gasteiger partial charge on any atom is 0.0713 e. The van der Waals surface area contributed by atoms with Gasteiger partial charge in [0.25, 0.3) is 0 Å². The molecular formula is C14H16O. The predicted octanol–water partition coefficient (Wildman–Crippen LogP) is 3.60. The summed E-state index contributed by atoms with van der Waals surface area (Å²) in [5, 5.41) is 2.60. The first-order valence-electron chi connectivity index (χ1n) is 5.19. The van der Waals surface area contributed by atoms with E-state index in [1.807, 2.05) is 0 Å². The Morgan fingerprint density at radius 2 is 1.60 bits per heavy atom. The summed E-state index contributed by atoms with van der Waals surface area (Å²) in [5.74, 6) is 0. The van der Waals surface area contributed by atoms with Gasteiger partial charge in [-0.15, -0.1) is 0 Å². The lowest BCUT2D eigenvalue weighted by atomic mass is 10.0. The second-order valence-corrected chi connectivity index (χ2v) is 4.05. The average Bonchev–Trinajstić information content (AvgIpc) is 2.21. The fourth-order valence-corrected chi connectivity index (χ4v) is 1.83. The van der Waals surface area contributed by atoms with E-state index < -0.39 is 0 Å². The molecule has 0 unspecified atom stereocenters. The maximum atomic E-state index is 5.13. The lowest BCUT2D eigenvalue weighted by Crippen LogP contribution is -1.88. The van der Waals surface area contributed by atoms with Crippen molar-refractivity contribution in [3.8, 4) is 0 Å². The standard InChI is InChI=1S/C14H16O/c1-10-6-13-5-4-12(9-15-3)8-14(13)7-11(10)2/h4-8H,9H2,1-3H3. The first-order chi connectivity index (χ1) is 7.20. The summed E-state index contributed by atoms with van der Waals surface area (Å²) in [6.07, 6.45) is 0. The minimum absolute atomic E-state index is 0.683. The molecule has 0 saturated heterocycles. The van der Waals surface area contributed by atoms with Crippen LogP contribution in [0, 0.1) is 13.8 Å². The summed E-state index contributed by atoms with van der Waals surface area (Å²) in [5.41, 5.74) is 3.92. The highest BCUT2D eigenvalue weighted by Gasteiger charge is 1.99. The summed E-state index contributed by atoms with van der Waals surface area (Å²) in [4.78, 5) is 0. The van der Waals surface area contributed by atoms with Gasteiger partial charge in [-0.25, -0.2) is 0 Å². The molecule has 78 valence electrons. The molecule has 2 rings (SSSR count). The largest absolute Gasteiger partial charge is 0.380 e. The molecular weight excluding hydrogens is 184 g/mol. The van der Waals surface area contributed by atoms with Gasteiger partial charge in [-0.3, -0.25) is 0 Å². The van der Waals surface area contributed by atoms with Crippen LogP contribution in [0.25, 0.3) is 10.8 Å². The van der Waals surface area contributed by atoms with E-state index in [4.69, 9.17) is 4.74 Å². The molecule has 0 atom stereocenters. The molecule has 0 N–H and O–H groups in total. The summed E-state index contributed by atoms with van der Waals surface area (Å²) >= 11 is 0. The minimum Gasteiger partial charge on any atom is -0.380 e. The van der Waals surface area contributed by atoms with E-state index in [9.17, 15) is 0 Å².